The molecule has 5 atom stereocenters. The van der Waals surface area contributed by atoms with Gasteiger partial charge in [0, 0.05) is 31.1 Å². The van der Waals surface area contributed by atoms with Gasteiger partial charge >= 0.3 is 12.4 Å². The third-order valence-corrected chi connectivity index (χ3v) is 7.56. The number of amides is 1. The molecule has 208 valence electrons. The smallest absolute Gasteiger partial charge is 0.368 e. The molecule has 0 bridgehead atoms. The maximum atomic E-state index is 13.7. The predicted octanol–water partition coefficient (Wildman–Crippen LogP) is 6.60. The summed E-state index contributed by atoms with van der Waals surface area (Å²) >= 11 is 0. The van der Waals surface area contributed by atoms with Gasteiger partial charge in [0.05, 0.1) is 29.5 Å². The zero-order valence-corrected chi connectivity index (χ0v) is 20.6. The van der Waals surface area contributed by atoms with E-state index in [1.807, 2.05) is 0 Å². The molecule has 1 aromatic heterocycles. The first kappa shape index (κ1) is 27.2. The fourth-order valence-corrected chi connectivity index (χ4v) is 5.69. The largest absolute Gasteiger partial charge is 0.416 e. The molecule has 2 saturated heterocycles. The Morgan fingerprint density at radius 3 is 2.21 bits per heavy atom. The molecule has 0 radical (unpaired) electrons. The second kappa shape index (κ2) is 9.96. The second-order valence-corrected chi connectivity index (χ2v) is 10.0. The number of H-pyrrole nitrogens is 1. The molecule has 2 aromatic carbocycles. The number of aromatic amines is 1. The molecule has 39 heavy (non-hydrogen) atoms. The van der Waals surface area contributed by atoms with E-state index in [9.17, 15) is 35.5 Å². The Balaban J connectivity index is 1.48. The number of alkyl halides is 6. The minimum Gasteiger partial charge on any atom is -0.368 e. The number of halogens is 7. The number of ether oxygens (including phenoxy) is 1. The Kier molecular flexibility index (Phi) is 6.94. The van der Waals surface area contributed by atoms with Crippen LogP contribution >= 0.6 is 0 Å². The van der Waals surface area contributed by atoms with E-state index in [2.05, 4.69) is 10.2 Å². The van der Waals surface area contributed by atoms with Crippen molar-refractivity contribution in [2.75, 3.05) is 6.54 Å². The SMILES string of the molecule is C[C@@H](OC1CN2C(=O)CC(c3cn[nH]c3)CC2[C@@H]1c1ccc(F)cc1)c1cc(C(F)(F)F)cc(C(F)(F)F)c1. The van der Waals surface area contributed by atoms with Crippen LogP contribution in [-0.2, 0) is 21.9 Å². The van der Waals surface area contributed by atoms with Crippen molar-refractivity contribution < 1.29 is 40.3 Å². The van der Waals surface area contributed by atoms with E-state index >= 15 is 0 Å². The molecule has 5 rings (SSSR count). The number of piperidine rings is 1. The number of fused-ring (bicyclic) bond motifs is 1. The number of rotatable bonds is 5. The number of hydrogen-bond donors (Lipinski definition) is 1. The van der Waals surface area contributed by atoms with E-state index in [1.165, 1.54) is 19.1 Å². The third-order valence-electron chi connectivity index (χ3n) is 7.56. The number of benzene rings is 2. The standard InChI is InChI=1S/C27H24F7N3O2/c1-14(16-6-19(26(29,30)31)10-20(7-16)27(32,33)34)39-23-13-37-22(25(23)15-2-4-21(28)5-3-15)8-17(9-24(37)38)18-11-35-36-12-18/h2-7,10-12,14,17,22-23,25H,8-9,13H2,1H3,(H,35,36)/t14-,17?,22?,23?,25+/m1/s1. The van der Waals surface area contributed by atoms with Gasteiger partial charge < -0.3 is 9.64 Å². The van der Waals surface area contributed by atoms with Crippen molar-refractivity contribution in [1.29, 1.82) is 0 Å². The maximum absolute atomic E-state index is 13.7. The highest BCUT2D eigenvalue weighted by Gasteiger charge is 2.49. The van der Waals surface area contributed by atoms with Gasteiger partial charge in [-0.3, -0.25) is 9.89 Å². The lowest BCUT2D eigenvalue weighted by molar-refractivity contribution is -0.143. The molecule has 3 unspecified atom stereocenters. The van der Waals surface area contributed by atoms with Gasteiger partial charge in [-0.1, -0.05) is 12.1 Å². The van der Waals surface area contributed by atoms with Gasteiger partial charge in [-0.2, -0.15) is 31.4 Å². The zero-order valence-electron chi connectivity index (χ0n) is 20.6. The van der Waals surface area contributed by atoms with Crippen LogP contribution in [0.1, 0.15) is 65.5 Å². The Labute approximate surface area is 219 Å². The minimum absolute atomic E-state index is 0.0715. The Bertz CT molecular complexity index is 1290. The molecule has 2 fully saturated rings. The summed E-state index contributed by atoms with van der Waals surface area (Å²) in [4.78, 5) is 14.8. The van der Waals surface area contributed by atoms with Gasteiger partial charge in [0.2, 0.25) is 5.91 Å². The van der Waals surface area contributed by atoms with Crippen LogP contribution in [0.2, 0.25) is 0 Å². The third kappa shape index (κ3) is 5.52. The number of nitrogens with zero attached hydrogens (tertiary/aromatic N) is 2. The number of carbonyl (C=O) groups excluding carboxylic acids is 1. The summed E-state index contributed by atoms with van der Waals surface area (Å²) in [6, 6.07) is 6.64. The van der Waals surface area contributed by atoms with Gasteiger partial charge in [0.25, 0.3) is 0 Å². The summed E-state index contributed by atoms with van der Waals surface area (Å²) in [5.74, 6) is -1.25. The monoisotopic (exact) mass is 555 g/mol. The molecule has 5 nitrogen and oxygen atoms in total. The van der Waals surface area contributed by atoms with E-state index in [4.69, 9.17) is 4.74 Å². The molecule has 1 N–H and O–H groups in total. The zero-order chi connectivity index (χ0) is 28.1. The van der Waals surface area contributed by atoms with Crippen LogP contribution in [0.25, 0.3) is 0 Å². The van der Waals surface area contributed by atoms with E-state index in [1.54, 1.807) is 29.4 Å². The fourth-order valence-electron chi connectivity index (χ4n) is 5.69. The highest BCUT2D eigenvalue weighted by atomic mass is 19.4. The molecule has 1 amide bonds. The molecule has 2 aliphatic rings. The number of aromatic nitrogens is 2. The molecule has 12 heteroatoms. The van der Waals surface area contributed by atoms with E-state index in [0.29, 0.717) is 24.1 Å². The summed E-state index contributed by atoms with van der Waals surface area (Å²) in [6.07, 6.45) is -7.81. The number of carbonyl (C=O) groups is 1. The number of nitrogens with one attached hydrogen (secondary N) is 1. The summed E-state index contributed by atoms with van der Waals surface area (Å²) in [5.41, 5.74) is -1.65. The highest BCUT2D eigenvalue weighted by molar-refractivity contribution is 5.79. The summed E-state index contributed by atoms with van der Waals surface area (Å²) in [7, 11) is 0. The first-order valence-electron chi connectivity index (χ1n) is 12.3. The van der Waals surface area contributed by atoms with E-state index < -0.39 is 47.4 Å². The molecule has 0 aliphatic carbocycles. The van der Waals surface area contributed by atoms with Crippen molar-refractivity contribution in [2.24, 2.45) is 0 Å². The van der Waals surface area contributed by atoms with Crippen LogP contribution in [0.5, 0.6) is 0 Å². The molecular weight excluding hydrogens is 531 g/mol. The molecule has 3 aromatic rings. The normalized spacial score (nSPS) is 24.6. The van der Waals surface area contributed by atoms with Crippen molar-refractivity contribution in [1.82, 2.24) is 15.1 Å². The van der Waals surface area contributed by atoms with Gasteiger partial charge in [-0.05, 0) is 66.3 Å². The first-order chi connectivity index (χ1) is 18.3. The molecule has 0 spiro atoms. The predicted molar refractivity (Wildman–Crippen MR) is 125 cm³/mol. The average molecular weight is 555 g/mol. The Hall–Kier alpha value is -3.41. The summed E-state index contributed by atoms with van der Waals surface area (Å²) < 4.78 is 100. The van der Waals surface area contributed by atoms with Crippen molar-refractivity contribution >= 4 is 5.91 Å². The molecule has 3 heterocycles. The minimum atomic E-state index is -4.99. The van der Waals surface area contributed by atoms with Crippen molar-refractivity contribution in [2.45, 2.75) is 62.2 Å². The topological polar surface area (TPSA) is 58.2 Å². The summed E-state index contributed by atoms with van der Waals surface area (Å²) in [6.45, 7) is 1.48. The lowest BCUT2D eigenvalue weighted by atomic mass is 9.80. The van der Waals surface area contributed by atoms with E-state index in [0.717, 1.165) is 5.56 Å². The van der Waals surface area contributed by atoms with Crippen molar-refractivity contribution in [3.05, 3.63) is 88.5 Å². The van der Waals surface area contributed by atoms with E-state index in [-0.39, 0.29) is 42.5 Å². The van der Waals surface area contributed by atoms with Crippen molar-refractivity contribution in [3.8, 4) is 0 Å². The van der Waals surface area contributed by atoms with Gasteiger partial charge in [-0.15, -0.1) is 0 Å². The van der Waals surface area contributed by atoms with Crippen LogP contribution in [0.3, 0.4) is 0 Å². The fraction of sp³-hybridized carbons (Fsp3) is 0.407. The average Bonchev–Trinajstić information content (AvgIpc) is 3.52. The quantitative estimate of drug-likeness (QED) is 0.361. The molecular formula is C27H24F7N3O2. The Morgan fingerprint density at radius 1 is 1.00 bits per heavy atom. The van der Waals surface area contributed by atoms with Crippen LogP contribution in [0, 0.1) is 5.82 Å². The maximum Gasteiger partial charge on any atom is 0.416 e. The van der Waals surface area contributed by atoms with Gasteiger partial charge in [0.1, 0.15) is 5.82 Å². The second-order valence-electron chi connectivity index (χ2n) is 10.0. The van der Waals surface area contributed by atoms with Crippen LogP contribution < -0.4 is 0 Å². The lowest BCUT2D eigenvalue weighted by Crippen LogP contribution is -2.43. The van der Waals surface area contributed by atoms with Crippen LogP contribution in [0.15, 0.2) is 54.9 Å². The van der Waals surface area contributed by atoms with Gasteiger partial charge in [-0.25, -0.2) is 4.39 Å². The van der Waals surface area contributed by atoms with Crippen LogP contribution in [-0.4, -0.2) is 39.7 Å². The van der Waals surface area contributed by atoms with Crippen molar-refractivity contribution in [3.63, 3.8) is 0 Å². The highest BCUT2D eigenvalue weighted by Crippen LogP contribution is 2.46. The van der Waals surface area contributed by atoms with Gasteiger partial charge in [0.15, 0.2) is 0 Å². The molecule has 0 saturated carbocycles. The Morgan fingerprint density at radius 2 is 1.64 bits per heavy atom. The number of hydrogen-bond acceptors (Lipinski definition) is 3. The molecule has 2 aliphatic heterocycles. The lowest BCUT2D eigenvalue weighted by Gasteiger charge is -2.36. The first-order valence-corrected chi connectivity index (χ1v) is 12.3. The summed E-state index contributed by atoms with van der Waals surface area (Å²) in [5, 5.41) is 6.69. The van der Waals surface area contributed by atoms with Crippen LogP contribution in [0.4, 0.5) is 30.7 Å².